The van der Waals surface area contributed by atoms with Gasteiger partial charge in [0.25, 0.3) is 10.0 Å². The van der Waals surface area contributed by atoms with E-state index in [0.29, 0.717) is 11.3 Å². The molecule has 4 rings (SSSR count). The molecule has 0 saturated heterocycles. The molecule has 0 heterocycles. The number of fused-ring (bicyclic) bond motifs is 1. The van der Waals surface area contributed by atoms with Gasteiger partial charge in [-0.25, -0.2) is 13.2 Å². The molecule has 4 aromatic rings. The Morgan fingerprint density at radius 1 is 0.871 bits per heavy atom. The molecule has 0 aliphatic heterocycles. The summed E-state index contributed by atoms with van der Waals surface area (Å²) < 4.78 is 33.0. The molecule has 0 unspecified atom stereocenters. The molecule has 156 valence electrons. The van der Waals surface area contributed by atoms with E-state index in [-0.39, 0.29) is 10.5 Å². The highest BCUT2D eigenvalue weighted by molar-refractivity contribution is 7.92. The maximum absolute atomic E-state index is 12.8. The van der Waals surface area contributed by atoms with Crippen molar-refractivity contribution in [3.05, 3.63) is 96.1 Å². The van der Waals surface area contributed by atoms with Crippen LogP contribution in [-0.4, -0.2) is 21.5 Å². The monoisotopic (exact) mass is 431 g/mol. The number of anilines is 1. The molecule has 0 bridgehead atoms. The first-order chi connectivity index (χ1) is 14.9. The van der Waals surface area contributed by atoms with Crippen LogP contribution >= 0.6 is 0 Å². The lowest BCUT2D eigenvalue weighted by molar-refractivity contribution is 0.0599. The Labute approximate surface area is 181 Å². The van der Waals surface area contributed by atoms with Crippen LogP contribution in [0.25, 0.3) is 21.9 Å². The minimum Gasteiger partial charge on any atom is -0.465 e. The summed E-state index contributed by atoms with van der Waals surface area (Å²) >= 11 is 0. The summed E-state index contributed by atoms with van der Waals surface area (Å²) in [4.78, 5) is 11.9. The minimum atomic E-state index is -3.86. The Hall–Kier alpha value is -3.64. The topological polar surface area (TPSA) is 72.5 Å². The van der Waals surface area contributed by atoms with Crippen molar-refractivity contribution in [3.63, 3.8) is 0 Å². The van der Waals surface area contributed by atoms with Gasteiger partial charge in [-0.05, 0) is 58.7 Å². The van der Waals surface area contributed by atoms with Gasteiger partial charge in [0.2, 0.25) is 0 Å². The quantitative estimate of drug-likeness (QED) is 0.429. The van der Waals surface area contributed by atoms with E-state index in [2.05, 4.69) is 22.9 Å². The molecule has 0 amide bonds. The fraction of sp³-hybridized carbons (Fsp3) is 0.0800. The van der Waals surface area contributed by atoms with Crippen molar-refractivity contribution in [1.82, 2.24) is 0 Å². The van der Waals surface area contributed by atoms with Gasteiger partial charge in [0.05, 0.1) is 17.6 Å². The molecular formula is C25H21NO4S. The second-order valence-corrected chi connectivity index (χ2v) is 8.86. The number of esters is 1. The summed E-state index contributed by atoms with van der Waals surface area (Å²) in [5.74, 6) is -0.575. The summed E-state index contributed by atoms with van der Waals surface area (Å²) in [6.45, 7) is 1.72. The number of carbonyl (C=O) groups is 1. The molecule has 0 radical (unpaired) electrons. The molecule has 1 N–H and O–H groups in total. The Morgan fingerprint density at radius 2 is 1.58 bits per heavy atom. The van der Waals surface area contributed by atoms with Crippen LogP contribution in [0, 0.1) is 6.92 Å². The minimum absolute atomic E-state index is 0.00312. The van der Waals surface area contributed by atoms with Crippen LogP contribution in [0.5, 0.6) is 0 Å². The van der Waals surface area contributed by atoms with Gasteiger partial charge in [-0.2, -0.15) is 0 Å². The second-order valence-electron chi connectivity index (χ2n) is 7.18. The number of hydrogen-bond acceptors (Lipinski definition) is 4. The highest BCUT2D eigenvalue weighted by Crippen LogP contribution is 2.30. The molecule has 0 spiro atoms. The standard InChI is InChI=1S/C25H21NO4S/c1-17-10-15-21(16-24(17)25(27)30-2)31(28,29)26-20-13-11-19(12-14-20)23-9-5-7-18-6-3-4-8-22(18)23/h3-16,26H,1-2H3. The van der Waals surface area contributed by atoms with Gasteiger partial charge in [0, 0.05) is 5.69 Å². The summed E-state index contributed by atoms with van der Waals surface area (Å²) in [7, 11) is -2.60. The third-order valence-electron chi connectivity index (χ3n) is 5.16. The Bertz CT molecular complexity index is 1370. The second kappa shape index (κ2) is 8.24. The Kier molecular flexibility index (Phi) is 5.48. The number of nitrogens with one attached hydrogen (secondary N) is 1. The number of hydrogen-bond donors (Lipinski definition) is 1. The van der Waals surface area contributed by atoms with E-state index in [0.717, 1.165) is 21.9 Å². The highest BCUT2D eigenvalue weighted by Gasteiger charge is 2.18. The van der Waals surface area contributed by atoms with E-state index >= 15 is 0 Å². The van der Waals surface area contributed by atoms with Crippen LogP contribution in [-0.2, 0) is 14.8 Å². The molecule has 0 aliphatic rings. The van der Waals surface area contributed by atoms with Gasteiger partial charge >= 0.3 is 5.97 Å². The SMILES string of the molecule is COC(=O)c1cc(S(=O)(=O)Nc2ccc(-c3cccc4ccccc34)cc2)ccc1C. The van der Waals surface area contributed by atoms with Crippen LogP contribution in [0.1, 0.15) is 15.9 Å². The van der Waals surface area contributed by atoms with Crippen LogP contribution in [0.3, 0.4) is 0 Å². The highest BCUT2D eigenvalue weighted by atomic mass is 32.2. The van der Waals surface area contributed by atoms with Gasteiger partial charge in [-0.1, -0.05) is 60.7 Å². The number of ether oxygens (including phenoxy) is 1. The van der Waals surface area contributed by atoms with Crippen molar-refractivity contribution in [2.24, 2.45) is 0 Å². The number of carbonyl (C=O) groups excluding carboxylic acids is 1. The van der Waals surface area contributed by atoms with Crippen molar-refractivity contribution < 1.29 is 17.9 Å². The third kappa shape index (κ3) is 4.15. The summed E-state index contributed by atoms with van der Waals surface area (Å²) in [5, 5.41) is 2.28. The number of methoxy groups -OCH3 is 1. The van der Waals surface area contributed by atoms with Crippen LogP contribution in [0.2, 0.25) is 0 Å². The average Bonchev–Trinajstić information content (AvgIpc) is 2.78. The smallest absolute Gasteiger partial charge is 0.338 e. The molecule has 5 nitrogen and oxygen atoms in total. The largest absolute Gasteiger partial charge is 0.465 e. The molecule has 6 heteroatoms. The van der Waals surface area contributed by atoms with Crippen LogP contribution in [0.15, 0.2) is 89.8 Å². The summed E-state index contributed by atoms with van der Waals surface area (Å²) in [5.41, 5.74) is 3.36. The van der Waals surface area contributed by atoms with Gasteiger partial charge in [-0.3, -0.25) is 4.72 Å². The summed E-state index contributed by atoms with van der Waals surface area (Å²) in [6, 6.07) is 25.8. The van der Waals surface area contributed by atoms with E-state index in [4.69, 9.17) is 4.74 Å². The lowest BCUT2D eigenvalue weighted by Gasteiger charge is -2.12. The average molecular weight is 432 g/mol. The first-order valence-corrected chi connectivity index (χ1v) is 11.2. The van der Waals surface area contributed by atoms with E-state index in [1.807, 2.05) is 36.4 Å². The zero-order valence-corrected chi connectivity index (χ0v) is 17.9. The van der Waals surface area contributed by atoms with E-state index in [9.17, 15) is 13.2 Å². The zero-order chi connectivity index (χ0) is 22.0. The Morgan fingerprint density at radius 3 is 2.32 bits per heavy atom. The number of aryl methyl sites for hydroxylation is 1. The molecule has 0 atom stereocenters. The molecule has 0 saturated carbocycles. The lowest BCUT2D eigenvalue weighted by atomic mass is 9.98. The lowest BCUT2D eigenvalue weighted by Crippen LogP contribution is -2.14. The van der Waals surface area contributed by atoms with Crippen LogP contribution in [0.4, 0.5) is 5.69 Å². The van der Waals surface area contributed by atoms with Gasteiger partial charge in [-0.15, -0.1) is 0 Å². The molecule has 31 heavy (non-hydrogen) atoms. The predicted octanol–water partition coefficient (Wildman–Crippen LogP) is 5.40. The van der Waals surface area contributed by atoms with Gasteiger partial charge in [0.1, 0.15) is 0 Å². The van der Waals surface area contributed by atoms with Crippen molar-refractivity contribution in [3.8, 4) is 11.1 Å². The Balaban J connectivity index is 1.62. The van der Waals surface area contributed by atoms with E-state index in [1.165, 1.54) is 19.2 Å². The van der Waals surface area contributed by atoms with Crippen molar-refractivity contribution in [1.29, 1.82) is 0 Å². The van der Waals surface area contributed by atoms with Crippen molar-refractivity contribution >= 4 is 32.5 Å². The zero-order valence-electron chi connectivity index (χ0n) is 17.1. The van der Waals surface area contributed by atoms with Crippen molar-refractivity contribution in [2.45, 2.75) is 11.8 Å². The van der Waals surface area contributed by atoms with E-state index < -0.39 is 16.0 Å². The first kappa shape index (κ1) is 20.6. The molecule has 0 fully saturated rings. The number of rotatable bonds is 5. The predicted molar refractivity (Wildman–Crippen MR) is 123 cm³/mol. The van der Waals surface area contributed by atoms with Crippen molar-refractivity contribution in [2.75, 3.05) is 11.8 Å². The van der Waals surface area contributed by atoms with Crippen LogP contribution < -0.4 is 4.72 Å². The molecule has 4 aromatic carbocycles. The summed E-state index contributed by atoms with van der Waals surface area (Å²) in [6.07, 6.45) is 0. The van der Waals surface area contributed by atoms with E-state index in [1.54, 1.807) is 25.1 Å². The van der Waals surface area contributed by atoms with Gasteiger partial charge in [0.15, 0.2) is 0 Å². The molecule has 0 aliphatic carbocycles. The fourth-order valence-corrected chi connectivity index (χ4v) is 4.59. The first-order valence-electron chi connectivity index (χ1n) is 9.69. The third-order valence-corrected chi connectivity index (χ3v) is 6.54. The molecular weight excluding hydrogens is 410 g/mol. The van der Waals surface area contributed by atoms with Gasteiger partial charge < -0.3 is 4.74 Å². The maximum atomic E-state index is 12.8. The normalized spacial score (nSPS) is 11.3. The maximum Gasteiger partial charge on any atom is 0.338 e. The number of benzene rings is 4. The fourth-order valence-electron chi connectivity index (χ4n) is 3.51. The molecule has 0 aromatic heterocycles. The number of sulfonamides is 1.